The van der Waals surface area contributed by atoms with Crippen LogP contribution < -0.4 is 10.7 Å². The Bertz CT molecular complexity index is 997. The lowest BCUT2D eigenvalue weighted by atomic mass is 9.77. The molecule has 2 aliphatic heterocycles. The van der Waals surface area contributed by atoms with Crippen LogP contribution in [-0.2, 0) is 19.6 Å². The molecule has 1 saturated carbocycles. The molecule has 4 amide bonds. The number of hydrogen-bond acceptors (Lipinski definition) is 6. The minimum absolute atomic E-state index is 0.0252. The van der Waals surface area contributed by atoms with Gasteiger partial charge in [-0.3, -0.25) is 15.0 Å². The van der Waals surface area contributed by atoms with Crippen LogP contribution in [0.4, 0.5) is 4.79 Å². The summed E-state index contributed by atoms with van der Waals surface area (Å²) in [7, 11) is -3.67. The molecule has 0 aromatic carbocycles. The summed E-state index contributed by atoms with van der Waals surface area (Å²) in [6, 6.07) is 2.71. The Labute approximate surface area is 186 Å². The zero-order chi connectivity index (χ0) is 22.4. The molecule has 1 aliphatic carbocycles. The number of thiophene rings is 1. The molecule has 1 unspecified atom stereocenters. The van der Waals surface area contributed by atoms with Gasteiger partial charge in [-0.15, -0.1) is 11.3 Å². The molecule has 9 nitrogen and oxygen atoms in total. The van der Waals surface area contributed by atoms with Crippen molar-refractivity contribution >= 4 is 39.2 Å². The van der Waals surface area contributed by atoms with Crippen LogP contribution in [0.5, 0.6) is 0 Å². The number of carbonyl (C=O) groups excluding carboxylic acids is 3. The third-order valence-electron chi connectivity index (χ3n) is 6.58. The fraction of sp³-hybridized carbons (Fsp3) is 0.650. The number of hydrazine groups is 1. The van der Waals surface area contributed by atoms with E-state index in [-0.39, 0.29) is 10.8 Å². The fourth-order valence-corrected chi connectivity index (χ4v) is 7.53. The number of nitrogens with one attached hydrogen (secondary N) is 2. The maximum absolute atomic E-state index is 13.0. The highest BCUT2D eigenvalue weighted by Gasteiger charge is 2.53. The summed E-state index contributed by atoms with van der Waals surface area (Å²) in [5.74, 6) is -1.06. The fourth-order valence-electron chi connectivity index (χ4n) is 4.57. The SMILES string of the molecule is Cc1ccc(S(=O)(=O)N2CCCC(C(=O)NN3C(=O)NC4(CCC(C)CC4)C3=O)C2)s1. The summed E-state index contributed by atoms with van der Waals surface area (Å²) in [6.45, 7) is 4.33. The summed E-state index contributed by atoms with van der Waals surface area (Å²) in [6.07, 6.45) is 3.82. The topological polar surface area (TPSA) is 116 Å². The number of piperidine rings is 1. The average molecular weight is 469 g/mol. The third-order valence-corrected chi connectivity index (χ3v) is 9.91. The lowest BCUT2D eigenvalue weighted by Gasteiger charge is -2.34. The Morgan fingerprint density at radius 3 is 2.58 bits per heavy atom. The largest absolute Gasteiger partial charge is 0.344 e. The summed E-state index contributed by atoms with van der Waals surface area (Å²) < 4.78 is 27.4. The monoisotopic (exact) mass is 468 g/mol. The van der Waals surface area contributed by atoms with Crippen molar-refractivity contribution in [3.05, 3.63) is 17.0 Å². The predicted octanol–water partition coefficient (Wildman–Crippen LogP) is 1.99. The average Bonchev–Trinajstić information content (AvgIpc) is 3.28. The van der Waals surface area contributed by atoms with Crippen molar-refractivity contribution in [2.24, 2.45) is 11.8 Å². The van der Waals surface area contributed by atoms with E-state index in [0.29, 0.717) is 38.1 Å². The van der Waals surface area contributed by atoms with Crippen LogP contribution in [-0.4, -0.2) is 54.2 Å². The Balaban J connectivity index is 1.43. The van der Waals surface area contributed by atoms with Crippen molar-refractivity contribution in [2.75, 3.05) is 13.1 Å². The van der Waals surface area contributed by atoms with Crippen LogP contribution in [0.3, 0.4) is 0 Å². The quantitative estimate of drug-likeness (QED) is 0.656. The molecule has 3 heterocycles. The molecule has 4 rings (SSSR count). The van der Waals surface area contributed by atoms with Crippen molar-refractivity contribution in [1.29, 1.82) is 0 Å². The highest BCUT2D eigenvalue weighted by Crippen LogP contribution is 2.36. The Hall–Kier alpha value is -1.98. The molecule has 170 valence electrons. The zero-order valence-electron chi connectivity index (χ0n) is 17.7. The van der Waals surface area contributed by atoms with Gasteiger partial charge in [-0.1, -0.05) is 6.92 Å². The number of aryl methyl sites for hydroxylation is 1. The molecule has 3 fully saturated rings. The van der Waals surface area contributed by atoms with Crippen molar-refractivity contribution < 1.29 is 22.8 Å². The van der Waals surface area contributed by atoms with Gasteiger partial charge in [0.2, 0.25) is 5.91 Å². The summed E-state index contributed by atoms with van der Waals surface area (Å²) in [4.78, 5) is 39.2. The molecule has 1 aromatic heterocycles. The minimum Gasteiger partial charge on any atom is -0.322 e. The van der Waals surface area contributed by atoms with Gasteiger partial charge in [0.25, 0.3) is 15.9 Å². The lowest BCUT2D eigenvalue weighted by molar-refractivity contribution is -0.142. The van der Waals surface area contributed by atoms with Gasteiger partial charge in [-0.05, 0) is 63.5 Å². The van der Waals surface area contributed by atoms with E-state index >= 15 is 0 Å². The first-order valence-electron chi connectivity index (χ1n) is 10.7. The number of imide groups is 1. The van der Waals surface area contributed by atoms with E-state index in [1.165, 1.54) is 15.6 Å². The second kappa shape index (κ2) is 8.18. The molecule has 1 spiro atoms. The Morgan fingerprint density at radius 1 is 1.23 bits per heavy atom. The van der Waals surface area contributed by atoms with Crippen LogP contribution in [0.15, 0.2) is 16.3 Å². The molecular weight excluding hydrogens is 440 g/mol. The molecule has 1 aromatic rings. The zero-order valence-corrected chi connectivity index (χ0v) is 19.4. The number of sulfonamides is 1. The van der Waals surface area contributed by atoms with Crippen LogP contribution >= 0.6 is 11.3 Å². The maximum atomic E-state index is 13.0. The smallest absolute Gasteiger partial charge is 0.322 e. The van der Waals surface area contributed by atoms with Crippen LogP contribution in [0.1, 0.15) is 50.3 Å². The summed E-state index contributed by atoms with van der Waals surface area (Å²) in [5, 5.41) is 3.56. The van der Waals surface area contributed by atoms with Gasteiger partial charge in [-0.25, -0.2) is 13.2 Å². The van der Waals surface area contributed by atoms with Gasteiger partial charge in [0.15, 0.2) is 0 Å². The Morgan fingerprint density at radius 2 is 1.94 bits per heavy atom. The van der Waals surface area contributed by atoms with Crippen LogP contribution in [0.2, 0.25) is 0 Å². The van der Waals surface area contributed by atoms with E-state index in [4.69, 9.17) is 0 Å². The normalized spacial score (nSPS) is 29.9. The van der Waals surface area contributed by atoms with Crippen molar-refractivity contribution in [1.82, 2.24) is 20.1 Å². The highest BCUT2D eigenvalue weighted by molar-refractivity contribution is 7.91. The van der Waals surface area contributed by atoms with E-state index in [0.717, 1.165) is 22.7 Å². The standard InChI is InChI=1S/C20H28N4O5S2/c1-13-7-9-20(10-8-13)18(26)24(19(27)21-20)22-17(25)15-4-3-11-23(12-15)31(28,29)16-6-5-14(2)30-16/h5-6,13,15H,3-4,7-12H2,1-2H3,(H,21,27)(H,22,25). The molecule has 2 saturated heterocycles. The van der Waals surface area contributed by atoms with Gasteiger partial charge < -0.3 is 5.32 Å². The maximum Gasteiger partial charge on any atom is 0.344 e. The Kier molecular flexibility index (Phi) is 5.86. The first kappa shape index (κ1) is 22.2. The van der Waals surface area contributed by atoms with Gasteiger partial charge in [0.1, 0.15) is 9.75 Å². The van der Waals surface area contributed by atoms with Gasteiger partial charge in [0, 0.05) is 18.0 Å². The molecular formula is C20H28N4O5S2. The molecule has 11 heteroatoms. The third kappa shape index (κ3) is 4.10. The predicted molar refractivity (Wildman–Crippen MR) is 114 cm³/mol. The molecule has 0 bridgehead atoms. The van der Waals surface area contributed by atoms with E-state index < -0.39 is 39.3 Å². The molecule has 3 aliphatic rings. The lowest BCUT2D eigenvalue weighted by Crippen LogP contribution is -2.54. The van der Waals surface area contributed by atoms with E-state index in [9.17, 15) is 22.8 Å². The highest BCUT2D eigenvalue weighted by atomic mass is 32.2. The number of carbonyl (C=O) groups is 3. The number of amides is 4. The second-order valence-electron chi connectivity index (χ2n) is 8.88. The number of rotatable bonds is 4. The van der Waals surface area contributed by atoms with Crippen molar-refractivity contribution in [3.8, 4) is 0 Å². The first-order chi connectivity index (χ1) is 14.6. The van der Waals surface area contributed by atoms with Crippen molar-refractivity contribution in [2.45, 2.75) is 62.1 Å². The number of urea groups is 1. The van der Waals surface area contributed by atoms with Gasteiger partial charge in [-0.2, -0.15) is 9.31 Å². The van der Waals surface area contributed by atoms with Gasteiger partial charge >= 0.3 is 6.03 Å². The molecule has 1 atom stereocenters. The van der Waals surface area contributed by atoms with E-state index in [2.05, 4.69) is 17.7 Å². The molecule has 31 heavy (non-hydrogen) atoms. The second-order valence-corrected chi connectivity index (χ2v) is 12.3. The number of nitrogens with zero attached hydrogens (tertiary/aromatic N) is 2. The van der Waals surface area contributed by atoms with Crippen LogP contribution in [0.25, 0.3) is 0 Å². The molecule has 0 radical (unpaired) electrons. The van der Waals surface area contributed by atoms with Crippen molar-refractivity contribution in [3.63, 3.8) is 0 Å². The van der Waals surface area contributed by atoms with Gasteiger partial charge in [0.05, 0.1) is 5.92 Å². The molecule has 2 N–H and O–H groups in total. The van der Waals surface area contributed by atoms with Crippen LogP contribution in [0, 0.1) is 18.8 Å². The minimum atomic E-state index is -3.67. The van der Waals surface area contributed by atoms with E-state index in [1.807, 2.05) is 6.92 Å². The summed E-state index contributed by atoms with van der Waals surface area (Å²) in [5.41, 5.74) is 1.53. The number of hydrogen-bond donors (Lipinski definition) is 2. The summed E-state index contributed by atoms with van der Waals surface area (Å²) >= 11 is 1.20. The van der Waals surface area contributed by atoms with E-state index in [1.54, 1.807) is 12.1 Å². The first-order valence-corrected chi connectivity index (χ1v) is 12.9.